The van der Waals surface area contributed by atoms with Gasteiger partial charge in [-0.1, -0.05) is 5.16 Å². The molecule has 0 saturated carbocycles. The zero-order chi connectivity index (χ0) is 12.5. The molecule has 1 saturated heterocycles. The first-order valence-corrected chi connectivity index (χ1v) is 5.76. The first-order valence-electron chi connectivity index (χ1n) is 5.76. The fourth-order valence-corrected chi connectivity index (χ4v) is 1.56. The highest BCUT2D eigenvalue weighted by Gasteiger charge is 2.15. The minimum atomic E-state index is 0.143. The van der Waals surface area contributed by atoms with Gasteiger partial charge in [-0.15, -0.1) is 0 Å². The molecule has 7 nitrogen and oxygen atoms in total. The van der Waals surface area contributed by atoms with Crippen LogP contribution in [0.1, 0.15) is 12.8 Å². The normalized spacial score (nSPS) is 17.2. The second kappa shape index (κ2) is 7.86. The summed E-state index contributed by atoms with van der Waals surface area (Å²) in [5.74, 6) is 0.335. The van der Waals surface area contributed by atoms with Crippen LogP contribution in [0.15, 0.2) is 5.16 Å². The average molecular weight is 244 g/mol. The van der Waals surface area contributed by atoms with Crippen LogP contribution >= 0.6 is 0 Å². The summed E-state index contributed by atoms with van der Waals surface area (Å²) in [5, 5.41) is 14.2. The van der Waals surface area contributed by atoms with E-state index in [0.29, 0.717) is 52.2 Å². The van der Waals surface area contributed by atoms with Crippen LogP contribution in [-0.4, -0.2) is 61.2 Å². The number of amides is 1. The Morgan fingerprint density at radius 2 is 2.00 bits per heavy atom. The summed E-state index contributed by atoms with van der Waals surface area (Å²) in [5.41, 5.74) is 5.30. The van der Waals surface area contributed by atoms with Crippen LogP contribution < -0.4 is 11.1 Å². The molecule has 1 fully saturated rings. The molecule has 98 valence electrons. The van der Waals surface area contributed by atoms with Crippen LogP contribution in [0, 0.1) is 0 Å². The number of carbonyl (C=O) groups excluding carboxylic acids is 1. The van der Waals surface area contributed by atoms with E-state index in [4.69, 9.17) is 15.7 Å². The number of carbonyl (C=O) groups is 1. The molecule has 1 amide bonds. The molecule has 0 aromatic rings. The van der Waals surface area contributed by atoms with Crippen molar-refractivity contribution in [3.63, 3.8) is 0 Å². The molecule has 0 aromatic carbocycles. The van der Waals surface area contributed by atoms with E-state index in [1.807, 2.05) is 4.90 Å². The lowest BCUT2D eigenvalue weighted by atomic mass is 10.3. The lowest BCUT2D eigenvalue weighted by Crippen LogP contribution is -2.41. The van der Waals surface area contributed by atoms with Crippen LogP contribution in [-0.2, 0) is 9.53 Å². The highest BCUT2D eigenvalue weighted by Crippen LogP contribution is 1.99. The average Bonchev–Trinajstić information content (AvgIpc) is 2.38. The largest absolute Gasteiger partial charge is 0.409 e. The van der Waals surface area contributed by atoms with Crippen LogP contribution in [0.25, 0.3) is 0 Å². The van der Waals surface area contributed by atoms with Gasteiger partial charge in [-0.2, -0.15) is 0 Å². The highest BCUT2D eigenvalue weighted by atomic mass is 16.5. The summed E-state index contributed by atoms with van der Waals surface area (Å²) in [6.07, 6.45) is 0.943. The molecular weight excluding hydrogens is 224 g/mol. The molecule has 1 aliphatic heterocycles. The maximum atomic E-state index is 11.7. The van der Waals surface area contributed by atoms with Crippen LogP contribution in [0.5, 0.6) is 0 Å². The Morgan fingerprint density at radius 1 is 1.35 bits per heavy atom. The molecule has 0 radical (unpaired) electrons. The smallest absolute Gasteiger partial charge is 0.224 e. The van der Waals surface area contributed by atoms with E-state index in [0.717, 1.165) is 0 Å². The summed E-state index contributed by atoms with van der Waals surface area (Å²) >= 11 is 0. The molecule has 0 bridgehead atoms. The molecule has 0 atom stereocenters. The van der Waals surface area contributed by atoms with Gasteiger partial charge in [0.15, 0.2) is 0 Å². The first kappa shape index (κ1) is 13.7. The van der Waals surface area contributed by atoms with E-state index in [9.17, 15) is 4.79 Å². The van der Waals surface area contributed by atoms with Gasteiger partial charge in [0.2, 0.25) is 5.91 Å². The lowest BCUT2D eigenvalue weighted by molar-refractivity contribution is -0.135. The van der Waals surface area contributed by atoms with Crippen molar-refractivity contribution in [1.29, 1.82) is 0 Å². The highest BCUT2D eigenvalue weighted by molar-refractivity contribution is 5.79. The lowest BCUT2D eigenvalue weighted by Gasteiger charge is -2.26. The molecule has 17 heavy (non-hydrogen) atoms. The summed E-state index contributed by atoms with van der Waals surface area (Å²) in [4.78, 5) is 13.5. The van der Waals surface area contributed by atoms with Gasteiger partial charge < -0.3 is 25.9 Å². The molecule has 1 aliphatic rings. The van der Waals surface area contributed by atoms with Gasteiger partial charge >= 0.3 is 0 Å². The fraction of sp³-hybridized carbons (Fsp3) is 0.800. The number of hydrogen-bond donors (Lipinski definition) is 3. The number of rotatable bonds is 6. The Kier molecular flexibility index (Phi) is 6.34. The van der Waals surface area contributed by atoms with Crippen molar-refractivity contribution < 1.29 is 14.7 Å². The maximum absolute atomic E-state index is 11.7. The standard InChI is InChI=1S/C10H20N4O3/c11-9(13-16)1-3-12-4-2-10(15)14-5-7-17-8-6-14/h12,16H,1-8H2,(H2,11,13). The minimum absolute atomic E-state index is 0.143. The minimum Gasteiger partial charge on any atom is -0.409 e. The SMILES string of the molecule is NC(CCNCCC(=O)N1CCOCC1)=NO. The van der Waals surface area contributed by atoms with E-state index in [2.05, 4.69) is 10.5 Å². The van der Waals surface area contributed by atoms with Gasteiger partial charge in [0.1, 0.15) is 5.84 Å². The Labute approximate surface area is 101 Å². The van der Waals surface area contributed by atoms with Crippen molar-refractivity contribution in [2.45, 2.75) is 12.8 Å². The van der Waals surface area contributed by atoms with E-state index < -0.39 is 0 Å². The zero-order valence-electron chi connectivity index (χ0n) is 9.89. The van der Waals surface area contributed by atoms with Gasteiger partial charge in [0, 0.05) is 39.0 Å². The number of nitrogens with two attached hydrogens (primary N) is 1. The second-order valence-corrected chi connectivity index (χ2v) is 3.83. The van der Waals surface area contributed by atoms with Crippen LogP contribution in [0.2, 0.25) is 0 Å². The van der Waals surface area contributed by atoms with E-state index in [1.54, 1.807) is 0 Å². The van der Waals surface area contributed by atoms with Crippen LogP contribution in [0.3, 0.4) is 0 Å². The predicted octanol–water partition coefficient (Wildman–Crippen LogP) is -1.04. The number of morpholine rings is 1. The van der Waals surface area contributed by atoms with Gasteiger partial charge in [-0.25, -0.2) is 0 Å². The summed E-state index contributed by atoms with van der Waals surface area (Å²) in [6.45, 7) is 3.83. The molecule has 1 heterocycles. The Hall–Kier alpha value is -1.34. The topological polar surface area (TPSA) is 100 Å². The molecule has 0 aliphatic carbocycles. The third-order valence-electron chi connectivity index (χ3n) is 2.57. The third kappa shape index (κ3) is 5.50. The van der Waals surface area contributed by atoms with Crippen molar-refractivity contribution in [3.05, 3.63) is 0 Å². The number of ether oxygens (including phenoxy) is 1. The van der Waals surface area contributed by atoms with Crippen molar-refractivity contribution >= 4 is 11.7 Å². The molecule has 7 heteroatoms. The number of amidine groups is 1. The van der Waals surface area contributed by atoms with Gasteiger partial charge in [0.05, 0.1) is 13.2 Å². The van der Waals surface area contributed by atoms with Gasteiger partial charge in [-0.3, -0.25) is 4.79 Å². The molecule has 0 unspecified atom stereocenters. The zero-order valence-corrected chi connectivity index (χ0v) is 9.89. The molecule has 0 spiro atoms. The number of nitrogens with one attached hydrogen (secondary N) is 1. The maximum Gasteiger partial charge on any atom is 0.224 e. The van der Waals surface area contributed by atoms with Crippen molar-refractivity contribution in [2.24, 2.45) is 10.9 Å². The number of nitrogens with zero attached hydrogens (tertiary/aromatic N) is 2. The summed E-state index contributed by atoms with van der Waals surface area (Å²) < 4.78 is 5.17. The van der Waals surface area contributed by atoms with Crippen molar-refractivity contribution in [2.75, 3.05) is 39.4 Å². The van der Waals surface area contributed by atoms with Gasteiger partial charge in [-0.05, 0) is 0 Å². The van der Waals surface area contributed by atoms with Crippen molar-refractivity contribution in [3.8, 4) is 0 Å². The molecule has 4 N–H and O–H groups in total. The van der Waals surface area contributed by atoms with Gasteiger partial charge in [0.25, 0.3) is 0 Å². The Morgan fingerprint density at radius 3 is 2.65 bits per heavy atom. The molecule has 1 rings (SSSR count). The van der Waals surface area contributed by atoms with Crippen molar-refractivity contribution in [1.82, 2.24) is 10.2 Å². The summed E-state index contributed by atoms with van der Waals surface area (Å²) in [7, 11) is 0. The van der Waals surface area contributed by atoms with Crippen LogP contribution in [0.4, 0.5) is 0 Å². The first-order chi connectivity index (χ1) is 8.24. The summed E-state index contributed by atoms with van der Waals surface area (Å²) in [6, 6.07) is 0. The predicted molar refractivity (Wildman–Crippen MR) is 62.9 cm³/mol. The molecular formula is C10H20N4O3. The van der Waals surface area contributed by atoms with E-state index in [1.165, 1.54) is 0 Å². The fourth-order valence-electron chi connectivity index (χ4n) is 1.56. The second-order valence-electron chi connectivity index (χ2n) is 3.83. The van der Waals surface area contributed by atoms with E-state index >= 15 is 0 Å². The quantitative estimate of drug-likeness (QED) is 0.182. The molecule has 0 aromatic heterocycles. The third-order valence-corrected chi connectivity index (χ3v) is 2.57. The Bertz CT molecular complexity index is 264. The van der Waals surface area contributed by atoms with E-state index in [-0.39, 0.29) is 11.7 Å². The number of hydrogen-bond acceptors (Lipinski definition) is 5. The Balaban J connectivity index is 2.03. The number of oxime groups is 1. The monoisotopic (exact) mass is 244 g/mol.